The van der Waals surface area contributed by atoms with Crippen molar-refractivity contribution in [2.45, 2.75) is 44.7 Å². The number of nitrogens with one attached hydrogen (secondary N) is 1. The molecule has 2 fully saturated rings. The SMILES string of the molecule is CC1CCC2(CC1)NC(=O)N(CC(=O)N(Cc1ccccc1)c1ccccc1)C2=O. The predicted molar refractivity (Wildman–Crippen MR) is 115 cm³/mol. The number of urea groups is 1. The second-order valence-corrected chi connectivity index (χ2v) is 8.39. The number of imide groups is 1. The molecular formula is C24H27N3O3. The van der Waals surface area contributed by atoms with Gasteiger partial charge in [-0.1, -0.05) is 55.5 Å². The molecule has 2 aromatic rings. The van der Waals surface area contributed by atoms with Gasteiger partial charge in [0, 0.05) is 5.69 Å². The molecule has 1 N–H and O–H groups in total. The quantitative estimate of drug-likeness (QED) is 0.771. The number of carbonyl (C=O) groups is 3. The molecule has 2 aromatic carbocycles. The van der Waals surface area contributed by atoms with Crippen LogP contribution in [0.25, 0.3) is 0 Å². The van der Waals surface area contributed by atoms with Crippen molar-refractivity contribution in [2.75, 3.05) is 11.4 Å². The van der Waals surface area contributed by atoms with Gasteiger partial charge in [0.25, 0.3) is 5.91 Å². The summed E-state index contributed by atoms with van der Waals surface area (Å²) in [5, 5.41) is 2.89. The van der Waals surface area contributed by atoms with Crippen molar-refractivity contribution in [1.29, 1.82) is 0 Å². The number of carbonyl (C=O) groups excluding carboxylic acids is 3. The van der Waals surface area contributed by atoms with E-state index in [1.807, 2.05) is 60.7 Å². The number of benzene rings is 2. The van der Waals surface area contributed by atoms with E-state index >= 15 is 0 Å². The van der Waals surface area contributed by atoms with E-state index in [9.17, 15) is 14.4 Å². The molecular weight excluding hydrogens is 378 g/mol. The van der Waals surface area contributed by atoms with Gasteiger partial charge in [-0.25, -0.2) is 4.79 Å². The Morgan fingerprint density at radius 2 is 1.63 bits per heavy atom. The van der Waals surface area contributed by atoms with E-state index in [0.29, 0.717) is 25.3 Å². The maximum atomic E-state index is 13.3. The lowest BCUT2D eigenvalue weighted by Crippen LogP contribution is -2.50. The summed E-state index contributed by atoms with van der Waals surface area (Å²) in [6.45, 7) is 2.27. The summed E-state index contributed by atoms with van der Waals surface area (Å²) in [7, 11) is 0. The Morgan fingerprint density at radius 3 is 2.27 bits per heavy atom. The van der Waals surface area contributed by atoms with E-state index in [1.54, 1.807) is 4.90 Å². The monoisotopic (exact) mass is 405 g/mol. The van der Waals surface area contributed by atoms with Crippen LogP contribution in [0.4, 0.5) is 10.5 Å². The molecule has 156 valence electrons. The highest BCUT2D eigenvalue weighted by Gasteiger charge is 2.52. The Labute approximate surface area is 176 Å². The Balaban J connectivity index is 1.53. The summed E-state index contributed by atoms with van der Waals surface area (Å²) in [4.78, 5) is 41.7. The minimum atomic E-state index is -0.832. The summed E-state index contributed by atoms with van der Waals surface area (Å²) in [6.07, 6.45) is 3.07. The molecule has 0 atom stereocenters. The van der Waals surface area contributed by atoms with Crippen LogP contribution in [0.1, 0.15) is 38.2 Å². The van der Waals surface area contributed by atoms with E-state index < -0.39 is 11.6 Å². The zero-order valence-electron chi connectivity index (χ0n) is 17.2. The Kier molecular flexibility index (Phi) is 5.57. The van der Waals surface area contributed by atoms with Crippen molar-refractivity contribution in [1.82, 2.24) is 10.2 Å². The van der Waals surface area contributed by atoms with Gasteiger partial charge in [0.15, 0.2) is 0 Å². The zero-order chi connectivity index (χ0) is 21.1. The summed E-state index contributed by atoms with van der Waals surface area (Å²) in [5.41, 5.74) is 0.880. The van der Waals surface area contributed by atoms with Gasteiger partial charge in [0.2, 0.25) is 5.91 Å². The number of anilines is 1. The first-order chi connectivity index (χ1) is 14.5. The van der Waals surface area contributed by atoms with Crippen LogP contribution in [0.3, 0.4) is 0 Å². The number of para-hydroxylation sites is 1. The molecule has 0 unspecified atom stereocenters. The third kappa shape index (κ3) is 3.95. The topological polar surface area (TPSA) is 69.7 Å². The van der Waals surface area contributed by atoms with E-state index in [0.717, 1.165) is 29.0 Å². The fraction of sp³-hybridized carbons (Fsp3) is 0.375. The van der Waals surface area contributed by atoms with Crippen LogP contribution in [0.5, 0.6) is 0 Å². The van der Waals surface area contributed by atoms with Crippen LogP contribution in [0.15, 0.2) is 60.7 Å². The Hall–Kier alpha value is -3.15. The van der Waals surface area contributed by atoms with Crippen LogP contribution >= 0.6 is 0 Å². The maximum absolute atomic E-state index is 13.3. The van der Waals surface area contributed by atoms with Gasteiger partial charge in [-0.3, -0.25) is 14.5 Å². The van der Waals surface area contributed by atoms with Gasteiger partial charge in [-0.15, -0.1) is 0 Å². The van der Waals surface area contributed by atoms with Crippen molar-refractivity contribution in [3.8, 4) is 0 Å². The Bertz CT molecular complexity index is 921. The minimum absolute atomic E-state index is 0.260. The molecule has 1 spiro atoms. The lowest BCUT2D eigenvalue weighted by atomic mass is 9.77. The van der Waals surface area contributed by atoms with Gasteiger partial charge in [-0.2, -0.15) is 0 Å². The standard InChI is InChI=1S/C24H27N3O3/c1-18-12-14-24(15-13-18)22(29)27(23(30)25-24)17-21(28)26(20-10-6-3-7-11-20)16-19-8-4-2-5-9-19/h2-11,18H,12-17H2,1H3,(H,25,30). The molecule has 6 nitrogen and oxygen atoms in total. The summed E-state index contributed by atoms with van der Waals surface area (Å²) >= 11 is 0. The van der Waals surface area contributed by atoms with Crippen LogP contribution in [-0.2, 0) is 16.1 Å². The Morgan fingerprint density at radius 1 is 1.03 bits per heavy atom. The van der Waals surface area contributed by atoms with Crippen LogP contribution in [0.2, 0.25) is 0 Å². The molecule has 1 aliphatic carbocycles. The third-order valence-corrected chi connectivity index (χ3v) is 6.22. The average molecular weight is 405 g/mol. The van der Waals surface area contributed by atoms with E-state index in [-0.39, 0.29) is 18.4 Å². The van der Waals surface area contributed by atoms with Gasteiger partial charge >= 0.3 is 6.03 Å². The van der Waals surface area contributed by atoms with E-state index in [2.05, 4.69) is 12.2 Å². The molecule has 30 heavy (non-hydrogen) atoms. The van der Waals surface area contributed by atoms with E-state index in [4.69, 9.17) is 0 Å². The molecule has 6 heteroatoms. The van der Waals surface area contributed by atoms with Gasteiger partial charge in [0.1, 0.15) is 12.1 Å². The molecule has 2 aliphatic rings. The van der Waals surface area contributed by atoms with Gasteiger partial charge < -0.3 is 10.2 Å². The first-order valence-corrected chi connectivity index (χ1v) is 10.5. The molecule has 1 heterocycles. The highest BCUT2D eigenvalue weighted by atomic mass is 16.2. The molecule has 1 aliphatic heterocycles. The fourth-order valence-corrected chi connectivity index (χ4v) is 4.33. The second kappa shape index (κ2) is 8.30. The molecule has 1 saturated heterocycles. The van der Waals surface area contributed by atoms with Crippen molar-refractivity contribution in [2.24, 2.45) is 5.92 Å². The maximum Gasteiger partial charge on any atom is 0.325 e. The molecule has 0 aromatic heterocycles. The molecule has 0 bridgehead atoms. The second-order valence-electron chi connectivity index (χ2n) is 8.39. The lowest BCUT2D eigenvalue weighted by molar-refractivity contribution is -0.135. The third-order valence-electron chi connectivity index (χ3n) is 6.22. The average Bonchev–Trinajstić information content (AvgIpc) is 2.99. The van der Waals surface area contributed by atoms with Crippen LogP contribution in [-0.4, -0.2) is 34.8 Å². The summed E-state index contributed by atoms with van der Waals surface area (Å²) < 4.78 is 0. The smallest absolute Gasteiger partial charge is 0.323 e. The first-order valence-electron chi connectivity index (χ1n) is 10.5. The fourth-order valence-electron chi connectivity index (χ4n) is 4.33. The van der Waals surface area contributed by atoms with Crippen molar-refractivity contribution >= 4 is 23.5 Å². The number of hydrogen-bond acceptors (Lipinski definition) is 3. The van der Waals surface area contributed by atoms with Crippen LogP contribution < -0.4 is 10.2 Å². The van der Waals surface area contributed by atoms with E-state index in [1.165, 1.54) is 0 Å². The first kappa shape index (κ1) is 20.1. The van der Waals surface area contributed by atoms with Crippen molar-refractivity contribution < 1.29 is 14.4 Å². The van der Waals surface area contributed by atoms with Crippen LogP contribution in [0, 0.1) is 5.92 Å². The normalized spacial score (nSPS) is 23.5. The molecule has 0 radical (unpaired) electrons. The zero-order valence-corrected chi connectivity index (χ0v) is 17.2. The number of amides is 4. The van der Waals surface area contributed by atoms with Gasteiger partial charge in [-0.05, 0) is 49.3 Å². The highest BCUT2D eigenvalue weighted by Crippen LogP contribution is 2.36. The van der Waals surface area contributed by atoms with Crippen molar-refractivity contribution in [3.05, 3.63) is 66.2 Å². The number of rotatable bonds is 5. The predicted octanol–water partition coefficient (Wildman–Crippen LogP) is 3.72. The number of hydrogen-bond donors (Lipinski definition) is 1. The lowest BCUT2D eigenvalue weighted by Gasteiger charge is -2.33. The molecule has 4 amide bonds. The van der Waals surface area contributed by atoms with Gasteiger partial charge in [0.05, 0.1) is 6.54 Å². The summed E-state index contributed by atoms with van der Waals surface area (Å²) in [5.74, 6) is 0.00528. The number of nitrogens with zero attached hydrogens (tertiary/aromatic N) is 2. The molecule has 4 rings (SSSR count). The molecule has 1 saturated carbocycles. The summed E-state index contributed by atoms with van der Waals surface area (Å²) in [6, 6.07) is 18.6. The largest absolute Gasteiger partial charge is 0.325 e. The minimum Gasteiger partial charge on any atom is -0.323 e. The van der Waals surface area contributed by atoms with Crippen molar-refractivity contribution in [3.63, 3.8) is 0 Å². The highest BCUT2D eigenvalue weighted by molar-refractivity contribution is 6.10.